The number of rotatable bonds is 3. The van der Waals surface area contributed by atoms with Crippen LogP contribution in [0.5, 0.6) is 0 Å². The van der Waals surface area contributed by atoms with Crippen LogP contribution in [0.1, 0.15) is 19.3 Å². The molecule has 0 radical (unpaired) electrons. The lowest BCUT2D eigenvalue weighted by atomic mass is 10.2. The van der Waals surface area contributed by atoms with Gasteiger partial charge in [0.25, 0.3) is 0 Å². The van der Waals surface area contributed by atoms with Crippen LogP contribution in [0.15, 0.2) is 24.3 Å². The van der Waals surface area contributed by atoms with Gasteiger partial charge in [-0.15, -0.1) is 0 Å². The van der Waals surface area contributed by atoms with Crippen molar-refractivity contribution >= 4 is 5.97 Å². The fraction of sp³-hybridized carbons (Fsp3) is 0.444. The third kappa shape index (κ3) is 2.22. The van der Waals surface area contributed by atoms with E-state index in [1.165, 1.54) is 0 Å². The van der Waals surface area contributed by atoms with Gasteiger partial charge in [0.2, 0.25) is 0 Å². The molecule has 2 nitrogen and oxygen atoms in total. The highest BCUT2D eigenvalue weighted by Gasteiger charge is 2.13. The summed E-state index contributed by atoms with van der Waals surface area (Å²) < 4.78 is 4.85. The van der Waals surface area contributed by atoms with Crippen LogP contribution in [-0.2, 0) is 9.53 Å². The van der Waals surface area contributed by atoms with E-state index in [0.29, 0.717) is 6.61 Å². The lowest BCUT2D eigenvalue weighted by molar-refractivity contribution is -0.137. The minimum atomic E-state index is -0.178. The number of esters is 1. The van der Waals surface area contributed by atoms with E-state index in [1.807, 2.05) is 6.08 Å². The molecule has 0 heterocycles. The lowest BCUT2D eigenvalue weighted by Gasteiger charge is -2.00. The molecule has 11 heavy (non-hydrogen) atoms. The predicted molar refractivity (Wildman–Crippen MR) is 43.1 cm³/mol. The zero-order valence-corrected chi connectivity index (χ0v) is 6.51. The maximum absolute atomic E-state index is 11.1. The average molecular weight is 152 g/mol. The van der Waals surface area contributed by atoms with Crippen molar-refractivity contribution in [2.75, 3.05) is 6.61 Å². The van der Waals surface area contributed by atoms with Gasteiger partial charge in [0.1, 0.15) is 6.61 Å². The van der Waals surface area contributed by atoms with Gasteiger partial charge in [-0.25, -0.2) is 4.79 Å². The molecule has 1 aliphatic carbocycles. The third-order valence-electron chi connectivity index (χ3n) is 1.64. The van der Waals surface area contributed by atoms with Gasteiger partial charge in [-0.05, 0) is 19.3 Å². The molecule has 0 aliphatic heterocycles. The van der Waals surface area contributed by atoms with Crippen LogP contribution in [0.25, 0.3) is 0 Å². The molecule has 0 atom stereocenters. The Hall–Kier alpha value is -1.05. The Morgan fingerprint density at radius 2 is 2.64 bits per heavy atom. The molecule has 0 aromatic heterocycles. The summed E-state index contributed by atoms with van der Waals surface area (Å²) in [5, 5.41) is 0. The van der Waals surface area contributed by atoms with E-state index in [9.17, 15) is 4.79 Å². The van der Waals surface area contributed by atoms with Crippen molar-refractivity contribution in [2.45, 2.75) is 19.3 Å². The van der Waals surface area contributed by atoms with Crippen molar-refractivity contribution in [1.82, 2.24) is 0 Å². The van der Waals surface area contributed by atoms with Gasteiger partial charge < -0.3 is 4.74 Å². The van der Waals surface area contributed by atoms with Crippen molar-refractivity contribution in [3.8, 4) is 0 Å². The molecular formula is C9H12O2. The molecule has 0 fully saturated rings. The second-order valence-electron chi connectivity index (χ2n) is 2.51. The maximum atomic E-state index is 11.1. The molecule has 0 spiro atoms. The average Bonchev–Trinajstić information content (AvgIpc) is 2.52. The highest BCUT2D eigenvalue weighted by atomic mass is 16.5. The molecule has 1 rings (SSSR count). The molecular weight excluding hydrogens is 140 g/mol. The molecule has 0 saturated carbocycles. The van der Waals surface area contributed by atoms with E-state index in [0.717, 1.165) is 24.8 Å². The van der Waals surface area contributed by atoms with E-state index < -0.39 is 0 Å². The molecule has 0 N–H and O–H groups in total. The first-order valence-electron chi connectivity index (χ1n) is 3.81. The summed E-state index contributed by atoms with van der Waals surface area (Å²) in [5.41, 5.74) is 0.826. The standard InChI is InChI=1S/C9H12O2/c1-2-7-11-9(10)8-5-3-4-6-8/h2,5H,1,3-4,6-7H2. The molecule has 1 aliphatic rings. The summed E-state index contributed by atoms with van der Waals surface area (Å²) in [7, 11) is 0. The predicted octanol–water partition coefficient (Wildman–Crippen LogP) is 1.83. The maximum Gasteiger partial charge on any atom is 0.333 e. The van der Waals surface area contributed by atoms with Crippen molar-refractivity contribution in [3.05, 3.63) is 24.3 Å². The Morgan fingerprint density at radius 3 is 3.18 bits per heavy atom. The molecule has 0 aromatic rings. The van der Waals surface area contributed by atoms with E-state index in [4.69, 9.17) is 4.74 Å². The van der Waals surface area contributed by atoms with Gasteiger partial charge in [-0.3, -0.25) is 0 Å². The molecule has 0 amide bonds. The van der Waals surface area contributed by atoms with E-state index in [2.05, 4.69) is 6.58 Å². The SMILES string of the molecule is C=CCOC(=O)C1=CCCC1. The van der Waals surface area contributed by atoms with Crippen LogP contribution in [-0.4, -0.2) is 12.6 Å². The fourth-order valence-corrected chi connectivity index (χ4v) is 1.08. The van der Waals surface area contributed by atoms with Gasteiger partial charge in [-0.1, -0.05) is 18.7 Å². The number of allylic oxidation sites excluding steroid dienone is 1. The Bertz CT molecular complexity index is 192. The molecule has 0 saturated heterocycles. The van der Waals surface area contributed by atoms with E-state index in [-0.39, 0.29) is 5.97 Å². The molecule has 60 valence electrons. The van der Waals surface area contributed by atoms with Gasteiger partial charge >= 0.3 is 5.97 Å². The minimum absolute atomic E-state index is 0.178. The Balaban J connectivity index is 2.34. The zero-order valence-electron chi connectivity index (χ0n) is 6.51. The second-order valence-corrected chi connectivity index (χ2v) is 2.51. The van der Waals surface area contributed by atoms with Gasteiger partial charge in [0.15, 0.2) is 0 Å². The number of ether oxygens (including phenoxy) is 1. The second kappa shape index (κ2) is 3.96. The summed E-state index contributed by atoms with van der Waals surface area (Å²) in [6.45, 7) is 3.78. The zero-order chi connectivity index (χ0) is 8.10. The Labute approximate surface area is 66.5 Å². The van der Waals surface area contributed by atoms with Crippen LogP contribution in [0, 0.1) is 0 Å². The first-order chi connectivity index (χ1) is 5.34. The summed E-state index contributed by atoms with van der Waals surface area (Å²) in [4.78, 5) is 11.1. The topological polar surface area (TPSA) is 26.3 Å². The quantitative estimate of drug-likeness (QED) is 0.455. The first-order valence-corrected chi connectivity index (χ1v) is 3.81. The van der Waals surface area contributed by atoms with Crippen LogP contribution in [0.4, 0.5) is 0 Å². The third-order valence-corrected chi connectivity index (χ3v) is 1.64. The smallest absolute Gasteiger partial charge is 0.333 e. The van der Waals surface area contributed by atoms with Gasteiger partial charge in [0, 0.05) is 5.57 Å². The summed E-state index contributed by atoms with van der Waals surface area (Å²) >= 11 is 0. The van der Waals surface area contributed by atoms with Crippen molar-refractivity contribution in [3.63, 3.8) is 0 Å². The van der Waals surface area contributed by atoms with E-state index in [1.54, 1.807) is 6.08 Å². The summed E-state index contributed by atoms with van der Waals surface area (Å²) in [6, 6.07) is 0. The number of hydrogen-bond donors (Lipinski definition) is 0. The van der Waals surface area contributed by atoms with Crippen molar-refractivity contribution in [2.24, 2.45) is 0 Å². The highest BCUT2D eigenvalue weighted by molar-refractivity contribution is 5.88. The van der Waals surface area contributed by atoms with Crippen molar-refractivity contribution in [1.29, 1.82) is 0 Å². The molecule has 0 bridgehead atoms. The number of carbonyl (C=O) groups excluding carboxylic acids is 1. The van der Waals surface area contributed by atoms with E-state index >= 15 is 0 Å². The fourth-order valence-electron chi connectivity index (χ4n) is 1.08. The normalized spacial score (nSPS) is 15.8. The summed E-state index contributed by atoms with van der Waals surface area (Å²) in [5.74, 6) is -0.178. The largest absolute Gasteiger partial charge is 0.458 e. The van der Waals surface area contributed by atoms with Gasteiger partial charge in [0.05, 0.1) is 0 Å². The number of hydrogen-bond acceptors (Lipinski definition) is 2. The molecule has 0 aromatic carbocycles. The minimum Gasteiger partial charge on any atom is -0.458 e. The summed E-state index contributed by atoms with van der Waals surface area (Å²) in [6.07, 6.45) is 6.49. The van der Waals surface area contributed by atoms with Crippen molar-refractivity contribution < 1.29 is 9.53 Å². The van der Waals surface area contributed by atoms with Crippen LogP contribution in [0.3, 0.4) is 0 Å². The highest BCUT2D eigenvalue weighted by Crippen LogP contribution is 2.18. The van der Waals surface area contributed by atoms with Crippen LogP contribution < -0.4 is 0 Å². The lowest BCUT2D eigenvalue weighted by Crippen LogP contribution is -2.05. The van der Waals surface area contributed by atoms with Crippen LogP contribution in [0.2, 0.25) is 0 Å². The monoisotopic (exact) mass is 152 g/mol. The molecule has 0 unspecified atom stereocenters. The number of carbonyl (C=O) groups is 1. The van der Waals surface area contributed by atoms with Crippen LogP contribution >= 0.6 is 0 Å². The molecule has 2 heteroatoms. The first kappa shape index (κ1) is 8.05. The van der Waals surface area contributed by atoms with Gasteiger partial charge in [-0.2, -0.15) is 0 Å². The Kier molecular flexibility index (Phi) is 2.90. The Morgan fingerprint density at radius 1 is 1.82 bits per heavy atom.